The van der Waals surface area contributed by atoms with E-state index in [9.17, 15) is 14.4 Å². The topological polar surface area (TPSA) is 106 Å². The average molecular weight is 396 g/mol. The van der Waals surface area contributed by atoms with E-state index in [4.69, 9.17) is 4.74 Å². The predicted octanol–water partition coefficient (Wildman–Crippen LogP) is 1.42. The van der Waals surface area contributed by atoms with Gasteiger partial charge in [-0.2, -0.15) is 0 Å². The highest BCUT2D eigenvalue weighted by Gasteiger charge is 2.20. The Morgan fingerprint density at radius 3 is 3.08 bits per heavy atom. The van der Waals surface area contributed by atoms with Crippen molar-refractivity contribution in [2.24, 2.45) is 0 Å². The molecule has 0 bridgehead atoms. The van der Waals surface area contributed by atoms with E-state index >= 15 is 0 Å². The standard InChI is InChI=1S/C16H20N4O4S2/c1-10(21)17-7-12-4-5-14(26-12)13(22)9-25-16-19-18-15(23)20(16)8-11-3-2-6-24-11/h4-5,11H,2-3,6-9H2,1H3,(H,17,21)(H,18,23). The SMILES string of the molecule is CC(=O)NCc1ccc(C(=O)CSc2n[nH]c(=O)n2CC2CCCO2)s1. The van der Waals surface area contributed by atoms with Gasteiger partial charge in [0.15, 0.2) is 10.9 Å². The second-order valence-electron chi connectivity index (χ2n) is 5.94. The molecule has 1 fully saturated rings. The molecule has 3 heterocycles. The van der Waals surface area contributed by atoms with Crippen LogP contribution in [0.5, 0.6) is 0 Å². The summed E-state index contributed by atoms with van der Waals surface area (Å²) in [6.07, 6.45) is 1.94. The molecule has 0 saturated carbocycles. The number of thioether (sulfide) groups is 1. The molecular formula is C16H20N4O4S2. The number of ketones is 1. The van der Waals surface area contributed by atoms with Gasteiger partial charge in [-0.05, 0) is 25.0 Å². The third-order valence-electron chi connectivity index (χ3n) is 3.91. The van der Waals surface area contributed by atoms with Crippen LogP contribution in [-0.2, 0) is 22.6 Å². The van der Waals surface area contributed by atoms with Gasteiger partial charge >= 0.3 is 5.69 Å². The van der Waals surface area contributed by atoms with Crippen LogP contribution in [0.2, 0.25) is 0 Å². The summed E-state index contributed by atoms with van der Waals surface area (Å²) in [7, 11) is 0. The van der Waals surface area contributed by atoms with Crippen molar-refractivity contribution in [3.8, 4) is 0 Å². The smallest absolute Gasteiger partial charge is 0.344 e. The molecule has 10 heteroatoms. The maximum atomic E-state index is 12.4. The summed E-state index contributed by atoms with van der Waals surface area (Å²) < 4.78 is 7.10. The van der Waals surface area contributed by atoms with Crippen molar-refractivity contribution >= 4 is 34.8 Å². The van der Waals surface area contributed by atoms with Crippen LogP contribution in [0.3, 0.4) is 0 Å². The number of Topliss-reactive ketones (excluding diaryl/α,β-unsaturated/α-hetero) is 1. The Kier molecular flexibility index (Phi) is 6.28. The number of hydrogen-bond donors (Lipinski definition) is 2. The van der Waals surface area contributed by atoms with Crippen molar-refractivity contribution in [3.05, 3.63) is 32.4 Å². The number of hydrogen-bond acceptors (Lipinski definition) is 7. The molecule has 0 aliphatic carbocycles. The molecule has 0 aromatic carbocycles. The summed E-state index contributed by atoms with van der Waals surface area (Å²) in [4.78, 5) is 36.8. The predicted molar refractivity (Wildman–Crippen MR) is 98.7 cm³/mol. The van der Waals surface area contributed by atoms with Crippen LogP contribution in [0.15, 0.2) is 22.1 Å². The first kappa shape index (κ1) is 18.9. The minimum absolute atomic E-state index is 0.0222. The Labute approximate surface area is 158 Å². The lowest BCUT2D eigenvalue weighted by Gasteiger charge is -2.10. The highest BCUT2D eigenvalue weighted by Crippen LogP contribution is 2.22. The summed E-state index contributed by atoms with van der Waals surface area (Å²) in [6, 6.07) is 3.59. The molecule has 140 valence electrons. The lowest BCUT2D eigenvalue weighted by Crippen LogP contribution is -2.25. The summed E-state index contributed by atoms with van der Waals surface area (Å²) in [5.41, 5.74) is -0.288. The quantitative estimate of drug-likeness (QED) is 0.516. The molecule has 0 spiro atoms. The number of carbonyl (C=O) groups is 2. The number of H-pyrrole nitrogens is 1. The van der Waals surface area contributed by atoms with Crippen molar-refractivity contribution in [1.82, 2.24) is 20.1 Å². The fourth-order valence-corrected chi connectivity index (χ4v) is 4.42. The van der Waals surface area contributed by atoms with Crippen molar-refractivity contribution in [2.45, 2.75) is 44.1 Å². The van der Waals surface area contributed by atoms with E-state index in [0.29, 0.717) is 23.1 Å². The average Bonchev–Trinajstić information content (AvgIpc) is 3.35. The molecule has 2 aromatic heterocycles. The molecular weight excluding hydrogens is 376 g/mol. The Morgan fingerprint density at radius 2 is 2.35 bits per heavy atom. The van der Waals surface area contributed by atoms with Gasteiger partial charge in [0.25, 0.3) is 0 Å². The summed E-state index contributed by atoms with van der Waals surface area (Å²) in [5, 5.41) is 9.65. The number of thiophene rings is 1. The third kappa shape index (κ3) is 4.83. The van der Waals surface area contributed by atoms with Gasteiger partial charge in [-0.3, -0.25) is 14.2 Å². The number of amides is 1. The number of carbonyl (C=O) groups excluding carboxylic acids is 2. The molecule has 8 nitrogen and oxygen atoms in total. The summed E-state index contributed by atoms with van der Waals surface area (Å²) in [6.45, 7) is 3.04. The van der Waals surface area contributed by atoms with Crippen molar-refractivity contribution in [3.63, 3.8) is 0 Å². The molecule has 1 unspecified atom stereocenters. The van der Waals surface area contributed by atoms with Crippen molar-refractivity contribution in [1.29, 1.82) is 0 Å². The van der Waals surface area contributed by atoms with Gasteiger partial charge in [0.2, 0.25) is 5.91 Å². The van der Waals surface area contributed by atoms with Gasteiger partial charge in [0.05, 0.1) is 29.8 Å². The van der Waals surface area contributed by atoms with Crippen molar-refractivity contribution in [2.75, 3.05) is 12.4 Å². The van der Waals surface area contributed by atoms with Crippen LogP contribution in [0, 0.1) is 0 Å². The van der Waals surface area contributed by atoms with E-state index in [1.807, 2.05) is 6.07 Å². The maximum Gasteiger partial charge on any atom is 0.344 e. The molecule has 1 atom stereocenters. The van der Waals surface area contributed by atoms with Gasteiger partial charge in [0, 0.05) is 18.4 Å². The van der Waals surface area contributed by atoms with E-state index < -0.39 is 0 Å². The zero-order chi connectivity index (χ0) is 18.5. The van der Waals surface area contributed by atoms with Crippen LogP contribution >= 0.6 is 23.1 Å². The normalized spacial score (nSPS) is 16.7. The monoisotopic (exact) mass is 396 g/mol. The number of nitrogens with zero attached hydrogens (tertiary/aromatic N) is 2. The first-order valence-electron chi connectivity index (χ1n) is 8.29. The lowest BCUT2D eigenvalue weighted by atomic mass is 10.2. The number of aromatic amines is 1. The van der Waals surface area contributed by atoms with Gasteiger partial charge in [-0.15, -0.1) is 16.4 Å². The van der Waals surface area contributed by atoms with Gasteiger partial charge in [-0.1, -0.05) is 11.8 Å². The number of ether oxygens (including phenoxy) is 1. The van der Waals surface area contributed by atoms with Crippen LogP contribution in [0.25, 0.3) is 0 Å². The van der Waals surface area contributed by atoms with Crippen LogP contribution < -0.4 is 11.0 Å². The molecule has 0 radical (unpaired) electrons. The van der Waals surface area contributed by atoms with Gasteiger partial charge in [0.1, 0.15) is 0 Å². The van der Waals surface area contributed by atoms with E-state index in [2.05, 4.69) is 15.5 Å². The molecule has 1 saturated heterocycles. The zero-order valence-electron chi connectivity index (χ0n) is 14.3. The fraction of sp³-hybridized carbons (Fsp3) is 0.500. The molecule has 26 heavy (non-hydrogen) atoms. The Morgan fingerprint density at radius 1 is 1.50 bits per heavy atom. The van der Waals surface area contributed by atoms with Crippen LogP contribution in [-0.4, -0.2) is 44.9 Å². The van der Waals surface area contributed by atoms with Gasteiger partial charge in [-0.25, -0.2) is 9.89 Å². The number of rotatable bonds is 8. The third-order valence-corrected chi connectivity index (χ3v) is 6.02. The number of nitrogens with one attached hydrogen (secondary N) is 2. The molecule has 3 rings (SSSR count). The fourth-order valence-electron chi connectivity index (χ4n) is 2.60. The van der Waals surface area contributed by atoms with Crippen LogP contribution in [0.1, 0.15) is 34.3 Å². The highest BCUT2D eigenvalue weighted by atomic mass is 32.2. The minimum Gasteiger partial charge on any atom is -0.376 e. The van der Waals surface area contributed by atoms with E-state index in [-0.39, 0.29) is 29.2 Å². The minimum atomic E-state index is -0.288. The first-order chi connectivity index (χ1) is 12.5. The molecule has 1 aliphatic rings. The van der Waals surface area contributed by atoms with Crippen LogP contribution in [0.4, 0.5) is 0 Å². The lowest BCUT2D eigenvalue weighted by molar-refractivity contribution is -0.119. The zero-order valence-corrected chi connectivity index (χ0v) is 16.0. The Bertz CT molecular complexity index is 835. The summed E-state index contributed by atoms with van der Waals surface area (Å²) in [5.74, 6) is 0.0494. The molecule has 1 amide bonds. The number of aromatic nitrogens is 3. The maximum absolute atomic E-state index is 12.4. The molecule has 2 aromatic rings. The summed E-state index contributed by atoms with van der Waals surface area (Å²) >= 11 is 2.59. The van der Waals surface area contributed by atoms with E-state index in [0.717, 1.165) is 24.3 Å². The second-order valence-corrected chi connectivity index (χ2v) is 8.06. The molecule has 2 N–H and O–H groups in total. The largest absolute Gasteiger partial charge is 0.376 e. The molecule has 1 aliphatic heterocycles. The Balaban J connectivity index is 1.58. The second kappa shape index (κ2) is 8.65. The van der Waals surface area contributed by atoms with E-state index in [1.165, 1.54) is 34.6 Å². The highest BCUT2D eigenvalue weighted by molar-refractivity contribution is 7.99. The first-order valence-corrected chi connectivity index (χ1v) is 10.1. The van der Waals surface area contributed by atoms with Crippen molar-refractivity contribution < 1.29 is 14.3 Å². The Hall–Kier alpha value is -1.91. The van der Waals surface area contributed by atoms with Gasteiger partial charge < -0.3 is 10.1 Å². The van der Waals surface area contributed by atoms with E-state index in [1.54, 1.807) is 6.07 Å².